The van der Waals surface area contributed by atoms with Gasteiger partial charge in [-0.1, -0.05) is 13.8 Å². The summed E-state index contributed by atoms with van der Waals surface area (Å²) in [5.74, 6) is 0. The number of nitrogens with zero attached hydrogens (tertiary/aromatic N) is 1. The highest BCUT2D eigenvalue weighted by atomic mass is 28.1. The third-order valence-electron chi connectivity index (χ3n) is 2.52. The van der Waals surface area contributed by atoms with E-state index in [1.807, 2.05) is 14.1 Å². The van der Waals surface area contributed by atoms with Gasteiger partial charge in [-0.05, 0) is 27.2 Å². The van der Waals surface area contributed by atoms with Gasteiger partial charge in [0.2, 0.25) is 0 Å². The Morgan fingerprint density at radius 1 is 1.25 bits per heavy atom. The molecule has 12 heavy (non-hydrogen) atoms. The Labute approximate surface area is 79.3 Å². The molecule has 1 atom stereocenters. The molecular weight excluding hydrogens is 166 g/mol. The zero-order valence-electron chi connectivity index (χ0n) is 9.07. The third-order valence-corrected chi connectivity index (χ3v) is 4.01. The first-order valence-electron chi connectivity index (χ1n) is 4.73. The number of rotatable bonds is 6. The molecule has 0 heterocycles. The quantitative estimate of drug-likeness (QED) is 0.405. The summed E-state index contributed by atoms with van der Waals surface area (Å²) in [6.45, 7) is 7.68. The van der Waals surface area contributed by atoms with Gasteiger partial charge >= 0.3 is 0 Å². The SMILES string of the molecule is CCN(CC)C([SiH3])(CNC)NC. The average Bonchev–Trinajstić information content (AvgIpc) is 2.07. The van der Waals surface area contributed by atoms with Crippen molar-refractivity contribution in [3.63, 3.8) is 0 Å². The molecule has 74 valence electrons. The second kappa shape index (κ2) is 5.69. The van der Waals surface area contributed by atoms with Crippen LogP contribution >= 0.6 is 0 Å². The van der Waals surface area contributed by atoms with Crippen molar-refractivity contribution < 1.29 is 0 Å². The van der Waals surface area contributed by atoms with Crippen LogP contribution in [0.15, 0.2) is 0 Å². The van der Waals surface area contributed by atoms with E-state index in [-0.39, 0.29) is 5.29 Å². The van der Waals surface area contributed by atoms with Crippen LogP contribution in [0.4, 0.5) is 0 Å². The summed E-state index contributed by atoms with van der Waals surface area (Å²) in [4.78, 5) is 2.47. The van der Waals surface area contributed by atoms with Crippen LogP contribution in [0.2, 0.25) is 0 Å². The van der Waals surface area contributed by atoms with Crippen molar-refractivity contribution in [3.05, 3.63) is 0 Å². The van der Waals surface area contributed by atoms with Crippen molar-refractivity contribution in [2.24, 2.45) is 0 Å². The maximum Gasteiger partial charge on any atom is 0.0618 e. The summed E-state index contributed by atoms with van der Waals surface area (Å²) in [7, 11) is 5.19. The molecule has 2 N–H and O–H groups in total. The van der Waals surface area contributed by atoms with Crippen molar-refractivity contribution in [1.29, 1.82) is 0 Å². The smallest absolute Gasteiger partial charge is 0.0618 e. The Bertz CT molecular complexity index is 117. The van der Waals surface area contributed by atoms with E-state index < -0.39 is 0 Å². The highest BCUT2D eigenvalue weighted by molar-refractivity contribution is 6.15. The van der Waals surface area contributed by atoms with E-state index in [0.717, 1.165) is 29.9 Å². The second-order valence-corrected chi connectivity index (χ2v) is 4.88. The van der Waals surface area contributed by atoms with Gasteiger partial charge in [0.1, 0.15) is 0 Å². The fourth-order valence-corrected chi connectivity index (χ4v) is 2.61. The van der Waals surface area contributed by atoms with E-state index in [0.29, 0.717) is 0 Å². The van der Waals surface area contributed by atoms with Crippen LogP contribution in [0.5, 0.6) is 0 Å². The first-order valence-corrected chi connectivity index (χ1v) is 5.73. The van der Waals surface area contributed by atoms with E-state index in [2.05, 4.69) is 29.4 Å². The maximum absolute atomic E-state index is 3.41. The number of hydrogen-bond acceptors (Lipinski definition) is 3. The van der Waals surface area contributed by atoms with Crippen LogP contribution in [0, 0.1) is 0 Å². The minimum Gasteiger partial charge on any atom is -0.317 e. The molecule has 4 heteroatoms. The fraction of sp³-hybridized carbons (Fsp3) is 1.00. The van der Waals surface area contributed by atoms with Gasteiger partial charge in [0.15, 0.2) is 0 Å². The largest absolute Gasteiger partial charge is 0.317 e. The summed E-state index contributed by atoms with van der Waals surface area (Å²) in [5, 5.41) is 6.87. The van der Waals surface area contributed by atoms with Crippen LogP contribution < -0.4 is 10.6 Å². The molecule has 0 rings (SSSR count). The van der Waals surface area contributed by atoms with Crippen molar-refractivity contribution >= 4 is 10.2 Å². The van der Waals surface area contributed by atoms with E-state index in [1.54, 1.807) is 0 Å². The molecule has 0 aliphatic heterocycles. The molecule has 0 radical (unpaired) electrons. The number of likely N-dealkylation sites (N-methyl/N-ethyl adjacent to an activating group) is 3. The molecule has 0 fully saturated rings. The van der Waals surface area contributed by atoms with Crippen molar-refractivity contribution in [1.82, 2.24) is 15.5 Å². The lowest BCUT2D eigenvalue weighted by Gasteiger charge is -2.40. The molecule has 0 aromatic heterocycles. The zero-order chi connectivity index (χ0) is 9.61. The van der Waals surface area contributed by atoms with Crippen LogP contribution in [0.3, 0.4) is 0 Å². The second-order valence-electron chi connectivity index (χ2n) is 3.23. The van der Waals surface area contributed by atoms with E-state index in [9.17, 15) is 0 Å². The normalized spacial score (nSPS) is 16.8. The number of nitrogens with one attached hydrogen (secondary N) is 2. The van der Waals surface area contributed by atoms with Gasteiger partial charge in [0.05, 0.1) is 5.29 Å². The van der Waals surface area contributed by atoms with Crippen LogP contribution in [-0.2, 0) is 0 Å². The van der Waals surface area contributed by atoms with Gasteiger partial charge in [-0.2, -0.15) is 0 Å². The van der Waals surface area contributed by atoms with Crippen molar-refractivity contribution in [2.75, 3.05) is 33.7 Å². The number of hydrogen-bond donors (Lipinski definition) is 2. The maximum atomic E-state index is 3.41. The first kappa shape index (κ1) is 12.1. The van der Waals surface area contributed by atoms with Crippen LogP contribution in [0.25, 0.3) is 0 Å². The van der Waals surface area contributed by atoms with Gasteiger partial charge in [-0.3, -0.25) is 4.90 Å². The zero-order valence-corrected chi connectivity index (χ0v) is 11.1. The Morgan fingerprint density at radius 2 is 1.75 bits per heavy atom. The molecule has 1 unspecified atom stereocenters. The Kier molecular flexibility index (Phi) is 5.74. The van der Waals surface area contributed by atoms with Gasteiger partial charge < -0.3 is 10.6 Å². The molecule has 0 saturated carbocycles. The minimum atomic E-state index is 0.220. The highest BCUT2D eigenvalue weighted by Gasteiger charge is 2.26. The van der Waals surface area contributed by atoms with Gasteiger partial charge in [-0.15, -0.1) is 0 Å². The molecule has 0 bridgehead atoms. The molecule has 0 aromatic carbocycles. The molecule has 0 aromatic rings. The average molecular weight is 189 g/mol. The highest BCUT2D eigenvalue weighted by Crippen LogP contribution is 2.04. The topological polar surface area (TPSA) is 27.3 Å². The molecule has 0 saturated heterocycles. The predicted octanol–water partition coefficient (Wildman–Crippen LogP) is -1.21. The molecular formula is C8H23N3Si. The molecule has 0 aliphatic rings. The first-order chi connectivity index (χ1) is 5.64. The lowest BCUT2D eigenvalue weighted by Crippen LogP contribution is -2.63. The Balaban J connectivity index is 4.24. The standard InChI is InChI=1S/C8H23N3Si/c1-5-11(6-2)8(12,10-4)7-9-3/h9-10H,5-7H2,1-4,12H3. The summed E-state index contributed by atoms with van der Waals surface area (Å²) in [6, 6.07) is 0. The fourth-order valence-electron chi connectivity index (χ4n) is 1.62. The lowest BCUT2D eigenvalue weighted by molar-refractivity contribution is 0.150. The lowest BCUT2D eigenvalue weighted by atomic mass is 10.3. The minimum absolute atomic E-state index is 0.220. The van der Waals surface area contributed by atoms with Crippen LogP contribution in [0.1, 0.15) is 13.8 Å². The van der Waals surface area contributed by atoms with E-state index in [1.165, 1.54) is 0 Å². The third kappa shape index (κ3) is 2.86. The summed E-state index contributed by atoms with van der Waals surface area (Å²) in [5.41, 5.74) is 0. The molecule has 0 spiro atoms. The van der Waals surface area contributed by atoms with E-state index >= 15 is 0 Å². The van der Waals surface area contributed by atoms with Gasteiger partial charge in [0.25, 0.3) is 0 Å². The predicted molar refractivity (Wildman–Crippen MR) is 58.6 cm³/mol. The summed E-state index contributed by atoms with van der Waals surface area (Å²) < 4.78 is 0. The summed E-state index contributed by atoms with van der Waals surface area (Å²) in [6.07, 6.45) is 0. The van der Waals surface area contributed by atoms with E-state index in [4.69, 9.17) is 0 Å². The summed E-state index contributed by atoms with van der Waals surface area (Å²) >= 11 is 0. The van der Waals surface area contributed by atoms with Crippen LogP contribution in [-0.4, -0.2) is 54.2 Å². The van der Waals surface area contributed by atoms with Crippen molar-refractivity contribution in [3.8, 4) is 0 Å². The van der Waals surface area contributed by atoms with Gasteiger partial charge in [0, 0.05) is 16.8 Å². The molecule has 0 aliphatic carbocycles. The monoisotopic (exact) mass is 189 g/mol. The molecule has 0 amide bonds. The molecule has 3 nitrogen and oxygen atoms in total. The Hall–Kier alpha value is 0.0969. The van der Waals surface area contributed by atoms with Gasteiger partial charge in [-0.25, -0.2) is 0 Å². The Morgan fingerprint density at radius 3 is 2.00 bits per heavy atom. The van der Waals surface area contributed by atoms with Crippen molar-refractivity contribution in [2.45, 2.75) is 19.1 Å².